The van der Waals surface area contributed by atoms with E-state index in [2.05, 4.69) is 5.32 Å². The highest BCUT2D eigenvalue weighted by molar-refractivity contribution is 7.18. The fourth-order valence-corrected chi connectivity index (χ4v) is 3.59. The first-order valence-electron chi connectivity index (χ1n) is 9.45. The van der Waals surface area contributed by atoms with Crippen LogP contribution in [0, 0.1) is 13.8 Å². The maximum absolute atomic E-state index is 12.3. The third-order valence-electron chi connectivity index (χ3n) is 3.83. The molecule has 0 saturated carbocycles. The highest BCUT2D eigenvalue weighted by atomic mass is 32.1. The summed E-state index contributed by atoms with van der Waals surface area (Å²) in [5.41, 5.74) is 0.397. The minimum atomic E-state index is -0.746. The van der Waals surface area contributed by atoms with Crippen LogP contribution in [0.25, 0.3) is 6.08 Å². The van der Waals surface area contributed by atoms with Gasteiger partial charge < -0.3 is 23.9 Å². The topological polar surface area (TPSA) is 121 Å². The second-order valence-electron chi connectivity index (χ2n) is 6.14. The van der Waals surface area contributed by atoms with Crippen LogP contribution in [0.3, 0.4) is 0 Å². The van der Waals surface area contributed by atoms with Crippen molar-refractivity contribution in [1.29, 1.82) is 0 Å². The second-order valence-corrected chi connectivity index (χ2v) is 7.16. The molecule has 0 radical (unpaired) electrons. The van der Waals surface area contributed by atoms with Gasteiger partial charge in [-0.3, -0.25) is 4.79 Å². The zero-order valence-corrected chi connectivity index (χ0v) is 18.4. The summed E-state index contributed by atoms with van der Waals surface area (Å²) in [5.74, 6) is -1.56. The van der Waals surface area contributed by atoms with Crippen molar-refractivity contribution in [1.82, 2.24) is 0 Å². The molecule has 2 aromatic heterocycles. The van der Waals surface area contributed by atoms with Crippen LogP contribution in [0.15, 0.2) is 22.6 Å². The molecule has 0 atom stereocenters. The van der Waals surface area contributed by atoms with E-state index in [1.54, 1.807) is 39.8 Å². The van der Waals surface area contributed by atoms with Crippen molar-refractivity contribution in [3.8, 4) is 0 Å². The first kappa shape index (κ1) is 23.9. The van der Waals surface area contributed by atoms with Crippen molar-refractivity contribution in [2.75, 3.05) is 25.1 Å². The summed E-state index contributed by atoms with van der Waals surface area (Å²) in [5, 5.41) is 2.60. The van der Waals surface area contributed by atoms with Crippen LogP contribution >= 0.6 is 11.3 Å². The van der Waals surface area contributed by atoms with Crippen molar-refractivity contribution < 1.29 is 37.8 Å². The van der Waals surface area contributed by atoms with E-state index in [1.807, 2.05) is 0 Å². The van der Waals surface area contributed by atoms with E-state index in [0.29, 0.717) is 17.1 Å². The number of carbonyl (C=O) groups excluding carboxylic acids is 4. The highest BCUT2D eigenvalue weighted by Crippen LogP contribution is 2.34. The summed E-state index contributed by atoms with van der Waals surface area (Å²) in [7, 11) is 0. The molecule has 0 aliphatic heterocycles. The molecule has 31 heavy (non-hydrogen) atoms. The minimum Gasteiger partial charge on any atom is -0.462 e. The summed E-state index contributed by atoms with van der Waals surface area (Å²) in [6, 6.07) is 3.43. The molecule has 0 spiro atoms. The van der Waals surface area contributed by atoms with Gasteiger partial charge in [-0.2, -0.15) is 0 Å². The van der Waals surface area contributed by atoms with Crippen LogP contribution in [-0.2, 0) is 23.8 Å². The van der Waals surface area contributed by atoms with Gasteiger partial charge in [0, 0.05) is 6.08 Å². The molecular weight excluding hydrogens is 426 g/mol. The van der Waals surface area contributed by atoms with Crippen LogP contribution in [0.1, 0.15) is 51.0 Å². The van der Waals surface area contributed by atoms with E-state index in [-0.39, 0.29) is 28.7 Å². The lowest BCUT2D eigenvalue weighted by atomic mass is 10.1. The molecule has 1 N–H and O–H groups in total. The number of thiophene rings is 1. The molecule has 2 rings (SSSR count). The molecule has 166 valence electrons. The number of anilines is 1. The number of furan rings is 1. The van der Waals surface area contributed by atoms with E-state index >= 15 is 0 Å². The first-order chi connectivity index (χ1) is 14.8. The second kappa shape index (κ2) is 11.1. The van der Waals surface area contributed by atoms with Gasteiger partial charge in [-0.1, -0.05) is 0 Å². The van der Waals surface area contributed by atoms with Crippen molar-refractivity contribution in [2.24, 2.45) is 0 Å². The monoisotopic (exact) mass is 449 g/mol. The zero-order chi connectivity index (χ0) is 23.0. The fraction of sp³-hybridized carbons (Fsp3) is 0.333. The Bertz CT molecular complexity index is 1000. The number of esters is 3. The lowest BCUT2D eigenvalue weighted by Crippen LogP contribution is -2.21. The van der Waals surface area contributed by atoms with Crippen molar-refractivity contribution in [2.45, 2.75) is 27.7 Å². The lowest BCUT2D eigenvalue weighted by Gasteiger charge is -2.07. The van der Waals surface area contributed by atoms with Gasteiger partial charge in [0.05, 0.1) is 18.8 Å². The Hall–Kier alpha value is -3.40. The maximum Gasteiger partial charge on any atom is 0.348 e. The molecule has 0 aliphatic rings. The Morgan fingerprint density at radius 3 is 2.32 bits per heavy atom. The number of ether oxygens (including phenoxy) is 3. The largest absolute Gasteiger partial charge is 0.462 e. The number of amides is 1. The third-order valence-corrected chi connectivity index (χ3v) is 5.02. The molecular formula is C21H23NO8S. The molecule has 0 aromatic carbocycles. The van der Waals surface area contributed by atoms with Crippen LogP contribution in [-0.4, -0.2) is 43.6 Å². The molecule has 0 aliphatic carbocycles. The van der Waals surface area contributed by atoms with E-state index in [4.69, 9.17) is 18.6 Å². The lowest BCUT2D eigenvalue weighted by molar-refractivity contribution is -0.142. The van der Waals surface area contributed by atoms with Crippen molar-refractivity contribution in [3.63, 3.8) is 0 Å². The van der Waals surface area contributed by atoms with Gasteiger partial charge in [-0.25, -0.2) is 14.4 Å². The van der Waals surface area contributed by atoms with Gasteiger partial charge in [0.25, 0.3) is 5.91 Å². The Labute approximate surface area is 183 Å². The minimum absolute atomic E-state index is 0.0580. The number of aryl methyl sites for hydroxylation is 1. The molecule has 0 bridgehead atoms. The predicted molar refractivity (Wildman–Crippen MR) is 113 cm³/mol. The highest BCUT2D eigenvalue weighted by Gasteiger charge is 2.27. The Morgan fingerprint density at radius 1 is 1.03 bits per heavy atom. The Balaban J connectivity index is 2.07. The molecule has 9 nitrogen and oxygen atoms in total. The van der Waals surface area contributed by atoms with Gasteiger partial charge in [-0.05, 0) is 51.5 Å². The van der Waals surface area contributed by atoms with E-state index < -0.39 is 30.4 Å². The number of carbonyl (C=O) groups is 4. The van der Waals surface area contributed by atoms with Gasteiger partial charge in [0.2, 0.25) is 0 Å². The molecule has 0 unspecified atom stereocenters. The smallest absolute Gasteiger partial charge is 0.348 e. The Kier molecular flexibility index (Phi) is 8.56. The summed E-state index contributed by atoms with van der Waals surface area (Å²) in [4.78, 5) is 48.7. The molecule has 2 heterocycles. The average molecular weight is 449 g/mol. The molecule has 2 aromatic rings. The van der Waals surface area contributed by atoms with Crippen molar-refractivity contribution in [3.05, 3.63) is 45.7 Å². The number of hydrogen-bond acceptors (Lipinski definition) is 9. The average Bonchev–Trinajstić information content (AvgIpc) is 3.28. The van der Waals surface area contributed by atoms with Crippen molar-refractivity contribution >= 4 is 46.2 Å². The molecule has 10 heteroatoms. The van der Waals surface area contributed by atoms with Gasteiger partial charge in [0.15, 0.2) is 6.61 Å². The van der Waals surface area contributed by atoms with Crippen LogP contribution in [0.5, 0.6) is 0 Å². The maximum atomic E-state index is 12.3. The quantitative estimate of drug-likeness (QED) is 0.351. The van der Waals surface area contributed by atoms with E-state index in [0.717, 1.165) is 17.4 Å². The summed E-state index contributed by atoms with van der Waals surface area (Å²) < 4.78 is 20.2. The molecule has 0 fully saturated rings. The fourth-order valence-electron chi connectivity index (χ4n) is 2.48. The molecule has 0 saturated heterocycles. The van der Waals surface area contributed by atoms with Crippen LogP contribution < -0.4 is 5.32 Å². The summed E-state index contributed by atoms with van der Waals surface area (Å²) in [6.45, 7) is 6.32. The number of hydrogen-bond donors (Lipinski definition) is 1. The number of rotatable bonds is 9. The Morgan fingerprint density at radius 2 is 1.71 bits per heavy atom. The number of nitrogens with one attached hydrogen (secondary N) is 1. The van der Waals surface area contributed by atoms with Gasteiger partial charge in [-0.15, -0.1) is 11.3 Å². The van der Waals surface area contributed by atoms with Crippen LogP contribution in [0.4, 0.5) is 5.00 Å². The third kappa shape index (κ3) is 6.54. The SMILES string of the molecule is CCOC(=O)c1sc(NC(=O)COC(=O)C=Cc2ccc(C)o2)c(C(=O)OCC)c1C. The van der Waals surface area contributed by atoms with Gasteiger partial charge >= 0.3 is 17.9 Å². The normalized spacial score (nSPS) is 10.7. The molecule has 1 amide bonds. The summed E-state index contributed by atoms with van der Waals surface area (Å²) >= 11 is 0.887. The van der Waals surface area contributed by atoms with E-state index in [9.17, 15) is 19.2 Å². The van der Waals surface area contributed by atoms with Crippen LogP contribution in [0.2, 0.25) is 0 Å². The van der Waals surface area contributed by atoms with E-state index in [1.165, 1.54) is 6.08 Å². The first-order valence-corrected chi connectivity index (χ1v) is 10.3. The zero-order valence-electron chi connectivity index (χ0n) is 17.6. The summed E-state index contributed by atoms with van der Waals surface area (Å²) in [6.07, 6.45) is 2.55. The predicted octanol–water partition coefficient (Wildman–Crippen LogP) is 3.51. The standard InChI is InChI=1S/C21H23NO8S/c1-5-27-20(25)17-13(4)18(21(26)28-6-2)31-19(17)22-15(23)11-29-16(24)10-9-14-8-7-12(3)30-14/h7-10H,5-6,11H2,1-4H3,(H,22,23). The van der Waals surface area contributed by atoms with Gasteiger partial charge in [0.1, 0.15) is 21.4 Å².